The van der Waals surface area contributed by atoms with Crippen LogP contribution in [0.1, 0.15) is 122 Å². The summed E-state index contributed by atoms with van der Waals surface area (Å²) in [6, 6.07) is 0. The minimum atomic E-state index is 1.08. The molecule has 0 N–H and O–H groups in total. The maximum atomic E-state index is 3.96. The molecule has 0 radical (unpaired) electrons. The number of nitrogens with zero attached hydrogens (tertiary/aromatic N) is 1. The Bertz CT molecular complexity index is 246. The summed E-state index contributed by atoms with van der Waals surface area (Å²) in [7, 11) is 4.75. The summed E-state index contributed by atoms with van der Waals surface area (Å²) in [5.41, 5.74) is 0. The van der Waals surface area contributed by atoms with Crippen molar-refractivity contribution >= 4 is 0 Å². The molecule has 0 aromatic heterocycles. The van der Waals surface area contributed by atoms with Crippen molar-refractivity contribution in [3.63, 3.8) is 0 Å². The third-order valence-electron chi connectivity index (χ3n) is 5.63. The van der Waals surface area contributed by atoms with E-state index in [4.69, 9.17) is 0 Å². The first-order chi connectivity index (χ1) is 12.1. The fourth-order valence-electron chi connectivity index (χ4n) is 3.74. The first kappa shape index (κ1) is 25.0. The van der Waals surface area contributed by atoms with Crippen molar-refractivity contribution in [1.82, 2.24) is 0 Å². The van der Waals surface area contributed by atoms with E-state index in [0.717, 1.165) is 6.42 Å². The number of hydrogen-bond acceptors (Lipinski definition) is 0. The van der Waals surface area contributed by atoms with Gasteiger partial charge in [0.15, 0.2) is 0 Å². The second-order valence-corrected chi connectivity index (χ2v) is 8.89. The van der Waals surface area contributed by atoms with Gasteiger partial charge in [0, 0.05) is 0 Å². The van der Waals surface area contributed by atoms with Crippen molar-refractivity contribution in [1.29, 1.82) is 0 Å². The van der Waals surface area contributed by atoms with Gasteiger partial charge in [-0.05, 0) is 19.3 Å². The van der Waals surface area contributed by atoms with Gasteiger partial charge in [0.25, 0.3) is 0 Å². The maximum absolute atomic E-state index is 3.96. The molecule has 0 spiro atoms. The lowest BCUT2D eigenvalue weighted by atomic mass is 10.0. The van der Waals surface area contributed by atoms with E-state index in [1.807, 2.05) is 0 Å². The zero-order chi connectivity index (χ0) is 18.6. The van der Waals surface area contributed by atoms with Gasteiger partial charge in [-0.2, -0.15) is 6.42 Å². The Kier molecular flexibility index (Phi) is 18.7. The summed E-state index contributed by atoms with van der Waals surface area (Å²) in [6.07, 6.45) is 25.7. The predicted octanol–water partition coefficient (Wildman–Crippen LogP) is 7.94. The molecular formula is C24H51N. The predicted molar refractivity (Wildman–Crippen MR) is 116 cm³/mol. The summed E-state index contributed by atoms with van der Waals surface area (Å²) < 4.78 is 1.19. The molecule has 0 aliphatic rings. The van der Waals surface area contributed by atoms with Gasteiger partial charge in [-0.1, -0.05) is 96.8 Å². The molecule has 0 unspecified atom stereocenters. The van der Waals surface area contributed by atoms with Crippen LogP contribution >= 0.6 is 0 Å². The van der Waals surface area contributed by atoms with Crippen molar-refractivity contribution in [2.24, 2.45) is 0 Å². The van der Waals surface area contributed by atoms with Crippen LogP contribution in [-0.4, -0.2) is 31.7 Å². The van der Waals surface area contributed by atoms with E-state index in [2.05, 4.69) is 27.9 Å². The number of hydrogen-bond donors (Lipinski definition) is 0. The van der Waals surface area contributed by atoms with Gasteiger partial charge in [0.2, 0.25) is 0 Å². The lowest BCUT2D eigenvalue weighted by Crippen LogP contribution is -2.41. The van der Waals surface area contributed by atoms with Crippen LogP contribution in [-0.2, 0) is 0 Å². The van der Waals surface area contributed by atoms with E-state index in [9.17, 15) is 0 Å². The third-order valence-corrected chi connectivity index (χ3v) is 5.63. The van der Waals surface area contributed by atoms with Gasteiger partial charge in [-0.25, -0.2) is 0 Å². The Morgan fingerprint density at radius 3 is 1.16 bits per heavy atom. The summed E-state index contributed by atoms with van der Waals surface area (Å²) in [5.74, 6) is 0. The maximum Gasteiger partial charge on any atom is 0.0782 e. The molecule has 0 fully saturated rings. The van der Waals surface area contributed by atoms with Crippen molar-refractivity contribution < 1.29 is 4.48 Å². The largest absolute Gasteiger partial charge is 0.343 e. The van der Waals surface area contributed by atoms with E-state index in [0.29, 0.717) is 0 Å². The van der Waals surface area contributed by atoms with Crippen LogP contribution in [0.4, 0.5) is 0 Å². The fraction of sp³-hybridized carbons (Fsp3) is 0.958. The van der Waals surface area contributed by atoms with Crippen LogP contribution in [0.5, 0.6) is 0 Å². The molecule has 25 heavy (non-hydrogen) atoms. The van der Waals surface area contributed by atoms with Crippen molar-refractivity contribution in [2.45, 2.75) is 122 Å². The lowest BCUT2D eigenvalue weighted by Gasteiger charge is -2.30. The second-order valence-electron chi connectivity index (χ2n) is 8.89. The summed E-state index contributed by atoms with van der Waals surface area (Å²) in [6.45, 7) is 8.90. The van der Waals surface area contributed by atoms with Crippen molar-refractivity contribution in [3.8, 4) is 0 Å². The monoisotopic (exact) mass is 353 g/mol. The van der Waals surface area contributed by atoms with Crippen molar-refractivity contribution in [3.05, 3.63) is 6.92 Å². The molecule has 0 rings (SSSR count). The van der Waals surface area contributed by atoms with E-state index in [-0.39, 0.29) is 0 Å². The van der Waals surface area contributed by atoms with Crippen LogP contribution in [0.3, 0.4) is 0 Å². The van der Waals surface area contributed by atoms with Gasteiger partial charge in [0.05, 0.1) is 27.2 Å². The molecule has 0 aromatic rings. The van der Waals surface area contributed by atoms with Gasteiger partial charge in [-0.15, -0.1) is 0 Å². The number of rotatable bonds is 20. The minimum Gasteiger partial charge on any atom is -0.343 e. The van der Waals surface area contributed by atoms with Crippen LogP contribution in [0.15, 0.2) is 0 Å². The van der Waals surface area contributed by atoms with Crippen LogP contribution < -0.4 is 0 Å². The molecule has 0 aromatic carbocycles. The molecule has 1 nitrogen and oxygen atoms in total. The standard InChI is InChI=1S/C24H51N/c1-5-7-9-10-11-12-13-14-15-16-17-18-19-20-21-22-24-25(3,4)23-8-6-2/h2,5-24H2,1,3-4H3. The fourth-order valence-corrected chi connectivity index (χ4v) is 3.74. The van der Waals surface area contributed by atoms with Gasteiger partial charge in [0.1, 0.15) is 0 Å². The number of quaternary nitrogens is 1. The van der Waals surface area contributed by atoms with E-state index < -0.39 is 0 Å². The molecule has 0 aliphatic carbocycles. The normalized spacial score (nSPS) is 12.0. The summed E-state index contributed by atoms with van der Waals surface area (Å²) >= 11 is 0. The molecule has 0 saturated heterocycles. The lowest BCUT2D eigenvalue weighted by molar-refractivity contribution is -0.890. The average Bonchev–Trinajstić information content (AvgIpc) is 2.59. The first-order valence-electron chi connectivity index (χ1n) is 11.7. The summed E-state index contributed by atoms with van der Waals surface area (Å²) in [5, 5.41) is 0. The van der Waals surface area contributed by atoms with E-state index in [1.165, 1.54) is 127 Å². The quantitative estimate of drug-likeness (QED) is 0.118. The Hall–Kier alpha value is -0.0400. The zero-order valence-electron chi connectivity index (χ0n) is 18.3. The molecular weight excluding hydrogens is 302 g/mol. The van der Waals surface area contributed by atoms with E-state index >= 15 is 0 Å². The number of unbranched alkanes of at least 4 members (excludes halogenated alkanes) is 16. The molecule has 0 heterocycles. The molecule has 0 aliphatic heterocycles. The summed E-state index contributed by atoms with van der Waals surface area (Å²) in [4.78, 5) is 0. The third kappa shape index (κ3) is 20.1. The Morgan fingerprint density at radius 2 is 0.800 bits per heavy atom. The topological polar surface area (TPSA) is 0 Å². The highest BCUT2D eigenvalue weighted by Crippen LogP contribution is 2.14. The smallest absolute Gasteiger partial charge is 0.0782 e. The Balaban J connectivity index is 3.14. The highest BCUT2D eigenvalue weighted by molar-refractivity contribution is 4.50. The van der Waals surface area contributed by atoms with Crippen LogP contribution in [0.25, 0.3) is 0 Å². The molecule has 0 amide bonds. The van der Waals surface area contributed by atoms with Crippen LogP contribution in [0.2, 0.25) is 0 Å². The highest BCUT2D eigenvalue weighted by atomic mass is 15.3. The van der Waals surface area contributed by atoms with Gasteiger partial charge >= 0.3 is 0 Å². The molecule has 0 atom stereocenters. The molecule has 152 valence electrons. The SMILES string of the molecule is [CH2-]CCC[N+](C)(C)CCCCCCCCCCCCCCCCCC. The first-order valence-corrected chi connectivity index (χ1v) is 11.7. The Labute approximate surface area is 161 Å². The Morgan fingerprint density at radius 1 is 0.480 bits per heavy atom. The van der Waals surface area contributed by atoms with Gasteiger partial charge < -0.3 is 11.4 Å². The van der Waals surface area contributed by atoms with Gasteiger partial charge in [-0.3, -0.25) is 0 Å². The molecule has 1 heteroatoms. The molecule has 0 saturated carbocycles. The zero-order valence-corrected chi connectivity index (χ0v) is 18.3. The molecule has 0 bridgehead atoms. The van der Waals surface area contributed by atoms with Crippen molar-refractivity contribution in [2.75, 3.05) is 27.2 Å². The minimum absolute atomic E-state index is 1.08. The van der Waals surface area contributed by atoms with E-state index in [1.54, 1.807) is 0 Å². The highest BCUT2D eigenvalue weighted by Gasteiger charge is 2.12. The average molecular weight is 354 g/mol. The second kappa shape index (κ2) is 18.7. The van der Waals surface area contributed by atoms with Crippen LogP contribution in [0, 0.1) is 6.92 Å².